The highest BCUT2D eigenvalue weighted by atomic mass is 16.4. The molecule has 122 valence electrons. The molecule has 0 spiro atoms. The first kappa shape index (κ1) is 15.5. The molecular weight excluding hydrogens is 308 g/mol. The molecular formula is C17H16N4O3. The second kappa shape index (κ2) is 6.41. The van der Waals surface area contributed by atoms with E-state index >= 15 is 0 Å². The third-order valence-electron chi connectivity index (χ3n) is 3.66. The number of aromatic carboxylic acids is 1. The molecule has 0 saturated heterocycles. The van der Waals surface area contributed by atoms with E-state index in [0.717, 1.165) is 5.56 Å². The minimum absolute atomic E-state index is 0.215. The molecule has 0 aliphatic rings. The van der Waals surface area contributed by atoms with Gasteiger partial charge in [0.1, 0.15) is 11.4 Å². The quantitative estimate of drug-likeness (QED) is 0.749. The average molecular weight is 324 g/mol. The van der Waals surface area contributed by atoms with Crippen molar-refractivity contribution in [3.63, 3.8) is 0 Å². The van der Waals surface area contributed by atoms with Crippen LogP contribution >= 0.6 is 0 Å². The van der Waals surface area contributed by atoms with E-state index in [4.69, 9.17) is 5.11 Å². The van der Waals surface area contributed by atoms with Crippen molar-refractivity contribution in [2.45, 2.75) is 6.54 Å². The lowest BCUT2D eigenvalue weighted by atomic mass is 10.1. The standard InChI is InChI=1S/C17H16N4O3/c1-20-16(21-8-2-3-9-21)14(11-19-20)15(22)18-10-12-4-6-13(7-5-12)17(23)24/h2-9,11H,10H2,1H3,(H,18,22)(H,23,24). The summed E-state index contributed by atoms with van der Waals surface area (Å²) in [5.41, 5.74) is 1.50. The summed E-state index contributed by atoms with van der Waals surface area (Å²) in [7, 11) is 1.77. The maximum atomic E-state index is 12.5. The summed E-state index contributed by atoms with van der Waals surface area (Å²) in [5, 5.41) is 15.9. The Hall–Kier alpha value is -3.35. The number of aryl methyl sites for hydroxylation is 1. The summed E-state index contributed by atoms with van der Waals surface area (Å²) < 4.78 is 3.46. The van der Waals surface area contributed by atoms with Crippen LogP contribution in [0.1, 0.15) is 26.3 Å². The van der Waals surface area contributed by atoms with Crippen LogP contribution in [0.3, 0.4) is 0 Å². The fourth-order valence-corrected chi connectivity index (χ4v) is 2.42. The topological polar surface area (TPSA) is 89.2 Å². The third-order valence-corrected chi connectivity index (χ3v) is 3.66. The van der Waals surface area contributed by atoms with E-state index in [-0.39, 0.29) is 11.5 Å². The summed E-state index contributed by atoms with van der Waals surface area (Å²) in [5.74, 6) is -0.537. The number of nitrogens with one attached hydrogen (secondary N) is 1. The van der Waals surface area contributed by atoms with Gasteiger partial charge in [-0.3, -0.25) is 9.48 Å². The number of hydrogen-bond donors (Lipinski definition) is 2. The van der Waals surface area contributed by atoms with E-state index in [1.807, 2.05) is 29.1 Å². The smallest absolute Gasteiger partial charge is 0.335 e. The summed E-state index contributed by atoms with van der Waals surface area (Å²) in [6, 6.07) is 10.1. The highest BCUT2D eigenvalue weighted by Gasteiger charge is 2.17. The molecule has 7 heteroatoms. The molecule has 3 rings (SSSR count). The normalized spacial score (nSPS) is 10.5. The maximum absolute atomic E-state index is 12.5. The molecule has 1 aromatic carbocycles. The Morgan fingerprint density at radius 2 is 1.83 bits per heavy atom. The van der Waals surface area contributed by atoms with Crippen LogP contribution in [0.4, 0.5) is 0 Å². The van der Waals surface area contributed by atoms with Crippen molar-refractivity contribution in [1.29, 1.82) is 0 Å². The van der Waals surface area contributed by atoms with Crippen molar-refractivity contribution in [3.8, 4) is 5.82 Å². The molecule has 2 N–H and O–H groups in total. The molecule has 24 heavy (non-hydrogen) atoms. The molecule has 0 saturated carbocycles. The number of aromatic nitrogens is 3. The van der Waals surface area contributed by atoms with E-state index in [0.29, 0.717) is 17.9 Å². The number of carbonyl (C=O) groups excluding carboxylic acids is 1. The molecule has 7 nitrogen and oxygen atoms in total. The van der Waals surface area contributed by atoms with Crippen molar-refractivity contribution < 1.29 is 14.7 Å². The molecule has 2 heterocycles. The SMILES string of the molecule is Cn1ncc(C(=O)NCc2ccc(C(=O)O)cc2)c1-n1cccc1. The minimum Gasteiger partial charge on any atom is -0.478 e. The van der Waals surface area contributed by atoms with Crippen LogP contribution in [0.15, 0.2) is 55.0 Å². The number of rotatable bonds is 5. The van der Waals surface area contributed by atoms with Gasteiger partial charge in [0, 0.05) is 26.0 Å². The van der Waals surface area contributed by atoms with Crippen LogP contribution in [-0.2, 0) is 13.6 Å². The van der Waals surface area contributed by atoms with Gasteiger partial charge < -0.3 is 15.0 Å². The van der Waals surface area contributed by atoms with E-state index in [1.165, 1.54) is 18.3 Å². The van der Waals surface area contributed by atoms with Crippen LogP contribution in [0, 0.1) is 0 Å². The Balaban J connectivity index is 1.73. The molecule has 0 bridgehead atoms. The van der Waals surface area contributed by atoms with Crippen molar-refractivity contribution in [2.75, 3.05) is 0 Å². The lowest BCUT2D eigenvalue weighted by molar-refractivity contribution is 0.0696. The van der Waals surface area contributed by atoms with Gasteiger partial charge in [0.15, 0.2) is 0 Å². The van der Waals surface area contributed by atoms with E-state index < -0.39 is 5.97 Å². The molecule has 0 aliphatic carbocycles. The zero-order chi connectivity index (χ0) is 17.1. The van der Waals surface area contributed by atoms with Crippen molar-refractivity contribution >= 4 is 11.9 Å². The molecule has 0 unspecified atom stereocenters. The monoisotopic (exact) mass is 324 g/mol. The van der Waals surface area contributed by atoms with Gasteiger partial charge in [0.2, 0.25) is 0 Å². The number of carboxylic acid groups (broad SMARTS) is 1. The first-order valence-electron chi connectivity index (χ1n) is 7.32. The van der Waals surface area contributed by atoms with Crippen molar-refractivity contribution in [3.05, 3.63) is 71.7 Å². The molecule has 1 amide bonds. The van der Waals surface area contributed by atoms with Gasteiger partial charge in [-0.05, 0) is 29.8 Å². The largest absolute Gasteiger partial charge is 0.478 e. The number of hydrogen-bond acceptors (Lipinski definition) is 3. The van der Waals surface area contributed by atoms with Crippen LogP contribution in [0.2, 0.25) is 0 Å². The van der Waals surface area contributed by atoms with Crippen LogP contribution < -0.4 is 5.32 Å². The van der Waals surface area contributed by atoms with Crippen LogP contribution in [0.5, 0.6) is 0 Å². The third kappa shape index (κ3) is 3.05. The Morgan fingerprint density at radius 1 is 1.17 bits per heavy atom. The highest BCUT2D eigenvalue weighted by Crippen LogP contribution is 2.14. The van der Waals surface area contributed by atoms with Crippen LogP contribution in [0.25, 0.3) is 5.82 Å². The van der Waals surface area contributed by atoms with Crippen molar-refractivity contribution in [2.24, 2.45) is 7.05 Å². The van der Waals surface area contributed by atoms with E-state index in [2.05, 4.69) is 10.4 Å². The predicted molar refractivity (Wildman–Crippen MR) is 87.1 cm³/mol. The lowest BCUT2D eigenvalue weighted by Gasteiger charge is -2.08. The Bertz CT molecular complexity index is 864. The number of benzene rings is 1. The second-order valence-electron chi connectivity index (χ2n) is 5.28. The molecule has 0 aliphatic heterocycles. The second-order valence-corrected chi connectivity index (χ2v) is 5.28. The van der Waals surface area contributed by atoms with Gasteiger partial charge in [-0.25, -0.2) is 4.79 Å². The highest BCUT2D eigenvalue weighted by molar-refractivity contribution is 5.97. The average Bonchev–Trinajstić information content (AvgIpc) is 3.22. The van der Waals surface area contributed by atoms with Gasteiger partial charge in [0.05, 0.1) is 11.8 Å². The van der Waals surface area contributed by atoms with Gasteiger partial charge in [0.25, 0.3) is 5.91 Å². The zero-order valence-electron chi connectivity index (χ0n) is 13.0. The Kier molecular flexibility index (Phi) is 4.15. The number of nitrogens with zero attached hydrogens (tertiary/aromatic N) is 3. The predicted octanol–water partition coefficient (Wildman–Crippen LogP) is 1.84. The van der Waals surface area contributed by atoms with Gasteiger partial charge in [-0.2, -0.15) is 5.10 Å². The van der Waals surface area contributed by atoms with Crippen molar-refractivity contribution in [1.82, 2.24) is 19.7 Å². The molecule has 2 aromatic heterocycles. The van der Waals surface area contributed by atoms with Gasteiger partial charge >= 0.3 is 5.97 Å². The number of amides is 1. The summed E-state index contributed by atoms with van der Waals surface area (Å²) in [6.45, 7) is 0.304. The number of carbonyl (C=O) groups is 2. The van der Waals surface area contributed by atoms with E-state index in [1.54, 1.807) is 23.9 Å². The molecule has 0 atom stereocenters. The summed E-state index contributed by atoms with van der Waals surface area (Å²) in [6.07, 6.45) is 5.22. The lowest BCUT2D eigenvalue weighted by Crippen LogP contribution is -2.24. The van der Waals surface area contributed by atoms with Gasteiger partial charge in [-0.15, -0.1) is 0 Å². The molecule has 0 fully saturated rings. The number of carboxylic acids is 1. The fourth-order valence-electron chi connectivity index (χ4n) is 2.42. The van der Waals surface area contributed by atoms with Crippen LogP contribution in [-0.4, -0.2) is 31.3 Å². The summed E-state index contributed by atoms with van der Waals surface area (Å²) in [4.78, 5) is 23.3. The Labute approximate surface area is 138 Å². The molecule has 3 aromatic rings. The minimum atomic E-state index is -0.975. The first-order valence-corrected chi connectivity index (χ1v) is 7.32. The zero-order valence-corrected chi connectivity index (χ0v) is 13.0. The van der Waals surface area contributed by atoms with E-state index in [9.17, 15) is 9.59 Å². The Morgan fingerprint density at radius 3 is 2.46 bits per heavy atom. The first-order chi connectivity index (χ1) is 11.6. The maximum Gasteiger partial charge on any atom is 0.335 e. The molecule has 0 radical (unpaired) electrons. The fraction of sp³-hybridized carbons (Fsp3) is 0.118. The summed E-state index contributed by atoms with van der Waals surface area (Å²) >= 11 is 0. The van der Waals surface area contributed by atoms with Gasteiger partial charge in [-0.1, -0.05) is 12.1 Å².